The van der Waals surface area contributed by atoms with Crippen molar-refractivity contribution in [3.05, 3.63) is 29.3 Å². The van der Waals surface area contributed by atoms with E-state index in [4.69, 9.17) is 4.11 Å². The van der Waals surface area contributed by atoms with Gasteiger partial charge in [0.2, 0.25) is 0 Å². The first-order valence-electron chi connectivity index (χ1n) is 8.45. The Labute approximate surface area is 115 Å². The quantitative estimate of drug-likeness (QED) is 0.866. The summed E-state index contributed by atoms with van der Waals surface area (Å²) < 4.78 is 26.0. The third-order valence-electron chi connectivity index (χ3n) is 3.40. The second-order valence-electron chi connectivity index (χ2n) is 4.87. The lowest BCUT2D eigenvalue weighted by atomic mass is 9.86. The predicted octanol–water partition coefficient (Wildman–Crippen LogP) is 3.37. The van der Waals surface area contributed by atoms with Gasteiger partial charge in [-0.05, 0) is 62.3 Å². The summed E-state index contributed by atoms with van der Waals surface area (Å²) in [6.07, 6.45) is 0.998. The molecule has 0 fully saturated rings. The highest BCUT2D eigenvalue weighted by Gasteiger charge is 2.24. The van der Waals surface area contributed by atoms with Crippen LogP contribution in [0.5, 0.6) is 5.75 Å². The summed E-state index contributed by atoms with van der Waals surface area (Å²) in [6.45, 7) is 5.52. The smallest absolute Gasteiger partial charge is 0.119 e. The van der Waals surface area contributed by atoms with Gasteiger partial charge in [-0.15, -0.1) is 0 Å². The number of nitrogens with zero attached hydrogens (tertiary/aromatic N) is 1. The number of rotatable bonds is 5. The molecule has 1 unspecified atom stereocenters. The van der Waals surface area contributed by atoms with Gasteiger partial charge in [0.25, 0.3) is 0 Å². The fourth-order valence-electron chi connectivity index (χ4n) is 2.56. The molecule has 0 heterocycles. The Balaban J connectivity index is 2.49. The Morgan fingerprint density at radius 2 is 2.11 bits per heavy atom. The molecule has 0 bridgehead atoms. The summed E-state index contributed by atoms with van der Waals surface area (Å²) in [4.78, 5) is 1.95. The molecule has 1 aromatic rings. The zero-order valence-electron chi connectivity index (χ0n) is 14.4. The summed E-state index contributed by atoms with van der Waals surface area (Å²) in [5.74, 6) is -0.0261. The minimum Gasteiger partial charge on any atom is -0.508 e. The van der Waals surface area contributed by atoms with E-state index in [2.05, 4.69) is 13.8 Å². The van der Waals surface area contributed by atoms with Crippen LogP contribution in [0.4, 0.5) is 0 Å². The van der Waals surface area contributed by atoms with Gasteiger partial charge in [0.05, 0.1) is 0 Å². The largest absolute Gasteiger partial charge is 0.508 e. The summed E-state index contributed by atoms with van der Waals surface area (Å²) in [5.41, 5.74) is 1.14. The number of hydrogen-bond acceptors (Lipinski definition) is 2. The van der Waals surface area contributed by atoms with E-state index in [1.165, 1.54) is 6.07 Å². The molecule has 18 heavy (non-hydrogen) atoms. The van der Waals surface area contributed by atoms with Gasteiger partial charge in [0, 0.05) is 10.1 Å². The van der Waals surface area contributed by atoms with Gasteiger partial charge >= 0.3 is 0 Å². The average molecular weight is 250 g/mol. The molecule has 2 rings (SSSR count). The second-order valence-corrected chi connectivity index (χ2v) is 4.87. The first-order chi connectivity index (χ1) is 9.88. The lowest BCUT2D eigenvalue weighted by Crippen LogP contribution is -2.40. The molecule has 2 heteroatoms. The summed E-state index contributed by atoms with van der Waals surface area (Å²) >= 11 is 0. The number of aryl methyl sites for hydroxylation is 1. The van der Waals surface area contributed by atoms with Crippen LogP contribution in [-0.2, 0) is 12.8 Å². The summed E-state index contributed by atoms with van der Waals surface area (Å²) in [5, 5.41) is 10.1. The molecule has 1 aromatic carbocycles. The third-order valence-corrected chi connectivity index (χ3v) is 3.40. The molecule has 0 saturated heterocycles. The number of hydrogen-bond donors (Lipinski definition) is 1. The Hall–Kier alpha value is -1.02. The fourth-order valence-corrected chi connectivity index (χ4v) is 2.56. The lowest BCUT2D eigenvalue weighted by Gasteiger charge is -2.35. The van der Waals surface area contributed by atoms with Crippen LogP contribution in [0.15, 0.2) is 18.2 Å². The standard InChI is InChI=1S/C16H25NO/c1-3-10-17(11-4-2)14-9-8-13-6-5-7-16(18)15(13)12-14/h5-7,14,18H,3-4,8-12H2,1-2H3/i12D2,14D. The van der Waals surface area contributed by atoms with Gasteiger partial charge in [-0.2, -0.15) is 0 Å². The molecule has 1 aliphatic carbocycles. The van der Waals surface area contributed by atoms with E-state index in [0.29, 0.717) is 31.5 Å². The number of phenolic OH excluding ortho intramolecular Hbond substituents is 1. The SMILES string of the molecule is [2H]C1([2H])c2c(O)cccc2CCC1([2H])N(CCC)CCC. The minimum absolute atomic E-state index is 0.0261. The molecule has 1 N–H and O–H groups in total. The molecule has 100 valence electrons. The molecule has 0 aromatic heterocycles. The maximum atomic E-state index is 10.1. The van der Waals surface area contributed by atoms with Gasteiger partial charge in [-0.1, -0.05) is 26.0 Å². The topological polar surface area (TPSA) is 23.5 Å². The van der Waals surface area contributed by atoms with Crippen molar-refractivity contribution in [3.8, 4) is 5.75 Å². The van der Waals surface area contributed by atoms with Crippen molar-refractivity contribution in [1.29, 1.82) is 0 Å². The zero-order valence-corrected chi connectivity index (χ0v) is 11.4. The van der Waals surface area contributed by atoms with E-state index in [-0.39, 0.29) is 5.75 Å². The monoisotopic (exact) mass is 250 g/mol. The van der Waals surface area contributed by atoms with Crippen molar-refractivity contribution < 1.29 is 9.22 Å². The molecular weight excluding hydrogens is 222 g/mol. The second kappa shape index (κ2) is 6.24. The normalized spacial score (nSPS) is 28.3. The number of benzene rings is 1. The van der Waals surface area contributed by atoms with Gasteiger partial charge in [-0.25, -0.2) is 0 Å². The number of phenols is 1. The molecule has 1 aliphatic rings. The van der Waals surface area contributed by atoms with Crippen LogP contribution in [0.2, 0.25) is 0 Å². The van der Waals surface area contributed by atoms with Crippen LogP contribution in [-0.4, -0.2) is 29.1 Å². The highest BCUT2D eigenvalue weighted by molar-refractivity contribution is 5.41. The van der Waals surface area contributed by atoms with Gasteiger partial charge < -0.3 is 10.0 Å². The maximum Gasteiger partial charge on any atom is 0.119 e. The van der Waals surface area contributed by atoms with E-state index in [1.54, 1.807) is 6.07 Å². The lowest BCUT2D eigenvalue weighted by molar-refractivity contribution is 0.179. The Kier molecular flexibility index (Phi) is 3.41. The van der Waals surface area contributed by atoms with E-state index in [9.17, 15) is 5.11 Å². The maximum absolute atomic E-state index is 10.1. The highest BCUT2D eigenvalue weighted by Crippen LogP contribution is 2.30. The van der Waals surface area contributed by atoms with Crippen LogP contribution in [0.25, 0.3) is 0 Å². The number of aromatic hydroxyl groups is 1. The van der Waals surface area contributed by atoms with Crippen molar-refractivity contribution in [2.75, 3.05) is 13.1 Å². The Bertz CT molecular complexity index is 500. The fraction of sp³-hybridized carbons (Fsp3) is 0.625. The molecule has 0 radical (unpaired) electrons. The van der Waals surface area contributed by atoms with E-state index < -0.39 is 12.4 Å². The first kappa shape index (κ1) is 9.85. The molecule has 0 saturated carbocycles. The molecule has 0 spiro atoms. The van der Waals surface area contributed by atoms with Crippen LogP contribution >= 0.6 is 0 Å². The van der Waals surface area contributed by atoms with E-state index >= 15 is 0 Å². The first-order valence-corrected chi connectivity index (χ1v) is 6.95. The summed E-state index contributed by atoms with van der Waals surface area (Å²) in [6, 6.07) is 3.81. The minimum atomic E-state index is -1.88. The van der Waals surface area contributed by atoms with E-state index in [1.807, 2.05) is 11.0 Å². The average Bonchev–Trinajstić information content (AvgIpc) is 2.43. The van der Waals surface area contributed by atoms with Gasteiger partial charge in [-0.3, -0.25) is 0 Å². The highest BCUT2D eigenvalue weighted by atomic mass is 16.3. The van der Waals surface area contributed by atoms with Crippen LogP contribution in [0.1, 0.15) is 48.3 Å². The van der Waals surface area contributed by atoms with Crippen LogP contribution in [0.3, 0.4) is 0 Å². The van der Waals surface area contributed by atoms with Crippen LogP contribution in [0, 0.1) is 0 Å². The van der Waals surface area contributed by atoms with Gasteiger partial charge in [0.15, 0.2) is 0 Å². The van der Waals surface area contributed by atoms with Gasteiger partial charge in [0.1, 0.15) is 5.75 Å². The Morgan fingerprint density at radius 1 is 1.39 bits per heavy atom. The van der Waals surface area contributed by atoms with Crippen molar-refractivity contribution in [1.82, 2.24) is 4.90 Å². The molecule has 0 amide bonds. The molecule has 0 aliphatic heterocycles. The molecular formula is C16H25NO. The Morgan fingerprint density at radius 3 is 2.78 bits per heavy atom. The van der Waals surface area contributed by atoms with Crippen molar-refractivity contribution in [2.24, 2.45) is 0 Å². The third kappa shape index (κ3) is 2.86. The number of fused-ring (bicyclic) bond motifs is 1. The zero-order chi connectivity index (χ0) is 15.7. The van der Waals surface area contributed by atoms with Crippen molar-refractivity contribution >= 4 is 0 Å². The van der Waals surface area contributed by atoms with Crippen molar-refractivity contribution in [3.63, 3.8) is 0 Å². The predicted molar refractivity (Wildman–Crippen MR) is 76.1 cm³/mol. The summed E-state index contributed by atoms with van der Waals surface area (Å²) in [7, 11) is 0. The van der Waals surface area contributed by atoms with E-state index in [0.717, 1.165) is 18.4 Å². The molecule has 1 atom stereocenters. The van der Waals surface area contributed by atoms with Crippen molar-refractivity contribution in [2.45, 2.75) is 51.9 Å². The van der Waals surface area contributed by atoms with Crippen LogP contribution < -0.4 is 0 Å². The molecule has 2 nitrogen and oxygen atoms in total.